The quantitative estimate of drug-likeness (QED) is 0.317. The van der Waals surface area contributed by atoms with Crippen LogP contribution in [0.1, 0.15) is 21.7 Å². The Bertz CT molecular complexity index is 1260. The summed E-state index contributed by atoms with van der Waals surface area (Å²) in [5.74, 6) is -0.886. The number of para-hydroxylation sites is 3. The second-order valence-corrected chi connectivity index (χ2v) is 6.88. The molecule has 0 unspecified atom stereocenters. The minimum atomic E-state index is -4.66. The van der Waals surface area contributed by atoms with E-state index in [0.717, 1.165) is 16.8 Å². The van der Waals surface area contributed by atoms with E-state index in [2.05, 4.69) is 15.7 Å². The molecule has 0 radical (unpaired) electrons. The number of carbonyl (C=O) groups excluding carboxylic acids is 1. The first-order chi connectivity index (χ1) is 15.6. The van der Waals surface area contributed by atoms with Gasteiger partial charge in [0, 0.05) is 30.9 Å². The summed E-state index contributed by atoms with van der Waals surface area (Å²) in [5.41, 5.74) is -2.41. The van der Waals surface area contributed by atoms with Crippen molar-refractivity contribution in [2.75, 3.05) is 18.4 Å². The Hall–Kier alpha value is -4.22. The molecule has 1 heterocycles. The smallest absolute Gasteiger partial charge is 0.378 e. The third kappa shape index (κ3) is 5.34. The number of nitrogens with zero attached hydrogens (tertiary/aromatic N) is 3. The summed E-state index contributed by atoms with van der Waals surface area (Å²) >= 11 is 0. The third-order valence-corrected chi connectivity index (χ3v) is 4.59. The summed E-state index contributed by atoms with van der Waals surface area (Å²) in [6.07, 6.45) is -4.66. The fourth-order valence-corrected chi connectivity index (χ4v) is 3.09. The molecule has 0 aliphatic carbocycles. The number of benzene rings is 2. The van der Waals surface area contributed by atoms with Gasteiger partial charge in [0.15, 0.2) is 5.69 Å². The highest BCUT2D eigenvalue weighted by Gasteiger charge is 2.34. The van der Waals surface area contributed by atoms with Crippen LogP contribution in [-0.4, -0.2) is 33.7 Å². The van der Waals surface area contributed by atoms with E-state index in [4.69, 9.17) is 0 Å². The number of anilines is 1. The van der Waals surface area contributed by atoms with Crippen molar-refractivity contribution in [3.05, 3.63) is 91.9 Å². The summed E-state index contributed by atoms with van der Waals surface area (Å²) in [7, 11) is 0. The number of halogens is 3. The number of aromatic nitrogens is 2. The third-order valence-electron chi connectivity index (χ3n) is 4.59. The number of aryl methyl sites for hydroxylation is 1. The maximum absolute atomic E-state index is 13.4. The highest BCUT2D eigenvalue weighted by Crippen LogP contribution is 2.33. The number of hydrogen-bond acceptors (Lipinski definition) is 6. The molecule has 3 rings (SSSR count). The molecule has 1 aromatic heterocycles. The molecule has 0 saturated carbocycles. The van der Waals surface area contributed by atoms with Gasteiger partial charge in [-0.05, 0) is 25.1 Å². The van der Waals surface area contributed by atoms with E-state index in [1.54, 1.807) is 6.07 Å². The van der Waals surface area contributed by atoms with Crippen molar-refractivity contribution in [1.82, 2.24) is 15.1 Å². The lowest BCUT2D eigenvalue weighted by Crippen LogP contribution is -2.34. The molecular formula is C21H18F3N5O4. The van der Waals surface area contributed by atoms with Gasteiger partial charge in [-0.1, -0.05) is 24.3 Å². The van der Waals surface area contributed by atoms with Gasteiger partial charge < -0.3 is 10.6 Å². The molecule has 0 atom stereocenters. The topological polar surface area (TPSA) is 119 Å². The number of carbonyl (C=O) groups is 1. The summed E-state index contributed by atoms with van der Waals surface area (Å²) in [6, 6.07) is 11.6. The van der Waals surface area contributed by atoms with Crippen LogP contribution in [0.5, 0.6) is 0 Å². The monoisotopic (exact) mass is 461 g/mol. The normalized spacial score (nSPS) is 11.2. The molecule has 0 bridgehead atoms. The second-order valence-electron chi connectivity index (χ2n) is 6.88. The Morgan fingerprint density at radius 2 is 1.79 bits per heavy atom. The van der Waals surface area contributed by atoms with E-state index in [0.29, 0.717) is 0 Å². The van der Waals surface area contributed by atoms with Crippen molar-refractivity contribution in [1.29, 1.82) is 0 Å². The lowest BCUT2D eigenvalue weighted by atomic mass is 10.1. The predicted molar refractivity (Wildman–Crippen MR) is 113 cm³/mol. The highest BCUT2D eigenvalue weighted by molar-refractivity contribution is 5.92. The van der Waals surface area contributed by atoms with Crippen LogP contribution < -0.4 is 16.1 Å². The largest absolute Gasteiger partial charge is 0.418 e. The van der Waals surface area contributed by atoms with Crippen molar-refractivity contribution < 1.29 is 22.9 Å². The number of hydrogen-bond donors (Lipinski definition) is 2. The Balaban J connectivity index is 1.78. The summed E-state index contributed by atoms with van der Waals surface area (Å²) < 4.78 is 41.1. The van der Waals surface area contributed by atoms with Crippen LogP contribution in [0, 0.1) is 17.0 Å². The van der Waals surface area contributed by atoms with E-state index in [-0.39, 0.29) is 35.8 Å². The molecule has 12 heteroatoms. The van der Waals surface area contributed by atoms with Crippen molar-refractivity contribution in [3.63, 3.8) is 0 Å². The van der Waals surface area contributed by atoms with E-state index in [1.165, 1.54) is 43.3 Å². The maximum atomic E-state index is 13.4. The van der Waals surface area contributed by atoms with Crippen molar-refractivity contribution >= 4 is 17.3 Å². The Morgan fingerprint density at radius 3 is 2.48 bits per heavy atom. The van der Waals surface area contributed by atoms with Crippen LogP contribution in [0.25, 0.3) is 5.69 Å². The first-order valence-electron chi connectivity index (χ1n) is 9.62. The van der Waals surface area contributed by atoms with Gasteiger partial charge >= 0.3 is 6.18 Å². The molecule has 2 N–H and O–H groups in total. The highest BCUT2D eigenvalue weighted by atomic mass is 19.4. The zero-order valence-electron chi connectivity index (χ0n) is 17.2. The molecule has 0 spiro atoms. The number of nitrogens with one attached hydrogen (secondary N) is 2. The van der Waals surface area contributed by atoms with E-state index in [9.17, 15) is 32.9 Å². The SMILES string of the molecule is Cc1cc(=O)c(C(=O)NCCNc2ccccc2[N+](=O)[O-])nn1-c1ccccc1C(F)(F)F. The Labute approximate surface area is 185 Å². The second kappa shape index (κ2) is 9.51. The zero-order chi connectivity index (χ0) is 24.2. The molecule has 172 valence electrons. The van der Waals surface area contributed by atoms with Gasteiger partial charge in [0.2, 0.25) is 5.43 Å². The van der Waals surface area contributed by atoms with E-state index in [1.807, 2.05) is 0 Å². The van der Waals surface area contributed by atoms with Gasteiger partial charge in [-0.25, -0.2) is 4.68 Å². The molecule has 1 amide bonds. The average Bonchev–Trinajstić information content (AvgIpc) is 2.76. The van der Waals surface area contributed by atoms with Crippen LogP contribution in [0.3, 0.4) is 0 Å². The zero-order valence-corrected chi connectivity index (χ0v) is 17.2. The minimum absolute atomic E-state index is 0.0288. The molecule has 0 saturated heterocycles. The molecule has 0 fully saturated rings. The van der Waals surface area contributed by atoms with Crippen molar-refractivity contribution in [3.8, 4) is 5.69 Å². The summed E-state index contributed by atoms with van der Waals surface area (Å²) in [5, 5.41) is 20.1. The summed E-state index contributed by atoms with van der Waals surface area (Å²) in [6.45, 7) is 1.46. The first kappa shape index (κ1) is 23.4. The van der Waals surface area contributed by atoms with Crippen LogP contribution >= 0.6 is 0 Å². The predicted octanol–water partition coefficient (Wildman–Crippen LogP) is 3.31. The van der Waals surface area contributed by atoms with Crippen molar-refractivity contribution in [2.45, 2.75) is 13.1 Å². The lowest BCUT2D eigenvalue weighted by Gasteiger charge is -2.16. The van der Waals surface area contributed by atoms with Gasteiger partial charge in [-0.15, -0.1) is 0 Å². The first-order valence-corrected chi connectivity index (χ1v) is 9.62. The standard InChI is InChI=1S/C21H18F3N5O4/c1-13-12-18(30)19(27-28(13)16-8-4-2-6-14(16)21(22,23)24)20(31)26-11-10-25-15-7-3-5-9-17(15)29(32)33/h2-9,12,25H,10-11H2,1H3,(H,26,31). The van der Waals surface area contributed by atoms with Crippen LogP contribution in [0.2, 0.25) is 0 Å². The molecule has 0 aliphatic rings. The lowest BCUT2D eigenvalue weighted by molar-refractivity contribution is -0.384. The number of amides is 1. The van der Waals surface area contributed by atoms with Crippen LogP contribution in [0.15, 0.2) is 59.4 Å². The fourth-order valence-electron chi connectivity index (χ4n) is 3.09. The summed E-state index contributed by atoms with van der Waals surface area (Å²) in [4.78, 5) is 35.2. The van der Waals surface area contributed by atoms with E-state index < -0.39 is 33.7 Å². The molecular weight excluding hydrogens is 443 g/mol. The number of nitro benzene ring substituents is 1. The Morgan fingerprint density at radius 1 is 1.12 bits per heavy atom. The molecule has 0 aliphatic heterocycles. The Kier molecular flexibility index (Phi) is 6.75. The maximum Gasteiger partial charge on any atom is 0.418 e. The average molecular weight is 461 g/mol. The fraction of sp³-hybridized carbons (Fsp3) is 0.190. The number of alkyl halides is 3. The van der Waals surface area contributed by atoms with Gasteiger partial charge in [-0.2, -0.15) is 18.3 Å². The molecule has 2 aromatic carbocycles. The van der Waals surface area contributed by atoms with Gasteiger partial charge in [0.05, 0.1) is 16.2 Å². The number of nitro groups is 1. The van der Waals surface area contributed by atoms with Crippen LogP contribution in [-0.2, 0) is 6.18 Å². The molecule has 3 aromatic rings. The number of rotatable bonds is 7. The minimum Gasteiger partial charge on any atom is -0.378 e. The van der Waals surface area contributed by atoms with Gasteiger partial charge in [-0.3, -0.25) is 19.7 Å². The van der Waals surface area contributed by atoms with Gasteiger partial charge in [0.1, 0.15) is 5.69 Å². The van der Waals surface area contributed by atoms with Crippen LogP contribution in [0.4, 0.5) is 24.5 Å². The van der Waals surface area contributed by atoms with Crippen molar-refractivity contribution in [2.24, 2.45) is 0 Å². The molecule has 9 nitrogen and oxygen atoms in total. The molecule has 33 heavy (non-hydrogen) atoms. The van der Waals surface area contributed by atoms with E-state index >= 15 is 0 Å². The van der Waals surface area contributed by atoms with Gasteiger partial charge in [0.25, 0.3) is 11.6 Å².